The second-order valence-electron chi connectivity index (χ2n) is 10.1. The number of benzene rings is 4. The van der Waals surface area contributed by atoms with Crippen LogP contribution in [-0.4, -0.2) is 42.0 Å². The van der Waals surface area contributed by atoms with E-state index in [0.717, 1.165) is 27.8 Å². The van der Waals surface area contributed by atoms with Gasteiger partial charge >= 0.3 is 5.97 Å². The zero-order valence-electron chi connectivity index (χ0n) is 23.8. The third-order valence-corrected chi connectivity index (χ3v) is 7.35. The molecule has 4 aromatic carbocycles. The number of aliphatic hydroxyl groups excluding tert-OH is 1. The molecule has 0 amide bonds. The summed E-state index contributed by atoms with van der Waals surface area (Å²) in [6, 6.07) is 24.2. The smallest absolute Gasteiger partial charge is 0.306 e. The molecule has 5 rings (SSSR count). The fourth-order valence-electron chi connectivity index (χ4n) is 4.72. The van der Waals surface area contributed by atoms with Gasteiger partial charge in [0.2, 0.25) is 0 Å². The Balaban J connectivity index is 1.31. The molecule has 44 heavy (non-hydrogen) atoms. The Morgan fingerprint density at radius 1 is 0.955 bits per heavy atom. The molecule has 0 aromatic heterocycles. The van der Waals surface area contributed by atoms with Gasteiger partial charge < -0.3 is 34.5 Å². The van der Waals surface area contributed by atoms with E-state index in [9.17, 15) is 9.90 Å². The molecular formula is C34H31ClN2O7. The van der Waals surface area contributed by atoms with Gasteiger partial charge in [-0.3, -0.25) is 4.79 Å². The van der Waals surface area contributed by atoms with Crippen LogP contribution in [0, 0.1) is 6.57 Å². The third kappa shape index (κ3) is 7.99. The molecule has 0 saturated carbocycles. The van der Waals surface area contributed by atoms with Crippen LogP contribution in [0.3, 0.4) is 0 Å². The molecule has 0 unspecified atom stereocenters. The van der Waals surface area contributed by atoms with Gasteiger partial charge in [0.15, 0.2) is 17.2 Å². The van der Waals surface area contributed by atoms with Crippen molar-refractivity contribution in [1.29, 1.82) is 0 Å². The van der Waals surface area contributed by atoms with Gasteiger partial charge in [0.1, 0.15) is 37.9 Å². The number of fused-ring (bicyclic) bond motifs is 1. The molecule has 0 spiro atoms. The topological polar surface area (TPSA) is 111 Å². The van der Waals surface area contributed by atoms with Crippen LogP contribution < -0.4 is 24.3 Å². The Morgan fingerprint density at radius 3 is 2.59 bits per heavy atom. The average molecular weight is 615 g/mol. The van der Waals surface area contributed by atoms with Gasteiger partial charge in [-0.2, -0.15) is 0 Å². The molecule has 1 atom stereocenters. The fraction of sp³-hybridized carbons (Fsp3) is 0.235. The summed E-state index contributed by atoms with van der Waals surface area (Å²) in [6.45, 7) is 9.16. The van der Waals surface area contributed by atoms with Crippen LogP contribution in [0.2, 0.25) is 5.02 Å². The highest BCUT2D eigenvalue weighted by atomic mass is 35.5. The Hall–Kier alpha value is -4.75. The first-order chi connectivity index (χ1) is 21.4. The molecule has 1 aliphatic heterocycles. The summed E-state index contributed by atoms with van der Waals surface area (Å²) in [5.74, 6) is 1.44. The van der Waals surface area contributed by atoms with Crippen molar-refractivity contribution in [3.63, 3.8) is 0 Å². The molecule has 3 N–H and O–H groups in total. The van der Waals surface area contributed by atoms with E-state index < -0.39 is 12.1 Å². The van der Waals surface area contributed by atoms with Crippen molar-refractivity contribution in [2.75, 3.05) is 19.8 Å². The molecule has 0 saturated heterocycles. The van der Waals surface area contributed by atoms with Crippen LogP contribution in [0.15, 0.2) is 78.9 Å². The van der Waals surface area contributed by atoms with Crippen LogP contribution >= 0.6 is 11.6 Å². The number of aliphatic hydroxyl groups is 1. The molecule has 226 valence electrons. The SMILES string of the molecule is [C-]#[N+]c1cccc(COc2cc(OCc3cccc(-c4ccc5c(c4)OCCO5)c3Cl)ccc2CNC[C@@H](O)CC(=O)O)c1. The predicted octanol–water partition coefficient (Wildman–Crippen LogP) is 6.41. The molecule has 0 fully saturated rings. The van der Waals surface area contributed by atoms with Gasteiger partial charge in [-0.25, -0.2) is 4.85 Å². The lowest BCUT2D eigenvalue weighted by Crippen LogP contribution is -2.28. The van der Waals surface area contributed by atoms with E-state index in [1.807, 2.05) is 54.6 Å². The molecule has 0 bridgehead atoms. The quantitative estimate of drug-likeness (QED) is 0.148. The van der Waals surface area contributed by atoms with Crippen molar-refractivity contribution in [2.45, 2.75) is 32.3 Å². The van der Waals surface area contributed by atoms with Crippen LogP contribution in [0.5, 0.6) is 23.0 Å². The molecule has 1 aliphatic rings. The van der Waals surface area contributed by atoms with Crippen molar-refractivity contribution < 1.29 is 34.0 Å². The van der Waals surface area contributed by atoms with Crippen LogP contribution in [0.1, 0.15) is 23.1 Å². The number of carboxylic acid groups (broad SMARTS) is 1. The van der Waals surface area contributed by atoms with Crippen molar-refractivity contribution in [2.24, 2.45) is 0 Å². The second-order valence-corrected chi connectivity index (χ2v) is 10.5. The largest absolute Gasteiger partial charge is 0.489 e. The summed E-state index contributed by atoms with van der Waals surface area (Å²) in [5, 5.41) is 22.5. The maximum Gasteiger partial charge on any atom is 0.306 e. The van der Waals surface area contributed by atoms with Crippen molar-refractivity contribution in [3.05, 3.63) is 112 Å². The van der Waals surface area contributed by atoms with E-state index in [0.29, 0.717) is 53.5 Å². The van der Waals surface area contributed by atoms with Gasteiger partial charge in [0.05, 0.1) is 24.1 Å². The van der Waals surface area contributed by atoms with E-state index in [2.05, 4.69) is 10.2 Å². The summed E-state index contributed by atoms with van der Waals surface area (Å²) in [6.07, 6.45) is -1.36. The normalized spacial score (nSPS) is 12.7. The molecule has 10 heteroatoms. The minimum atomic E-state index is -1.07. The van der Waals surface area contributed by atoms with E-state index in [1.54, 1.807) is 24.3 Å². The van der Waals surface area contributed by atoms with Crippen LogP contribution in [0.4, 0.5) is 5.69 Å². The van der Waals surface area contributed by atoms with Crippen molar-refractivity contribution in [3.8, 4) is 34.1 Å². The van der Waals surface area contributed by atoms with Crippen LogP contribution in [0.25, 0.3) is 16.0 Å². The molecule has 1 heterocycles. The molecule has 0 aliphatic carbocycles. The second kappa shape index (κ2) is 14.6. The summed E-state index contributed by atoms with van der Waals surface area (Å²) < 4.78 is 23.7. The predicted molar refractivity (Wildman–Crippen MR) is 166 cm³/mol. The van der Waals surface area contributed by atoms with Gasteiger partial charge in [-0.15, -0.1) is 0 Å². The first-order valence-corrected chi connectivity index (χ1v) is 14.4. The number of nitrogens with one attached hydrogen (secondary N) is 1. The number of rotatable bonds is 13. The first-order valence-electron chi connectivity index (χ1n) is 14.0. The van der Waals surface area contributed by atoms with Gasteiger partial charge in [-0.05, 0) is 35.4 Å². The minimum Gasteiger partial charge on any atom is -0.489 e. The van der Waals surface area contributed by atoms with Gasteiger partial charge in [0, 0.05) is 35.8 Å². The molecule has 4 aromatic rings. The van der Waals surface area contributed by atoms with Gasteiger partial charge in [-0.1, -0.05) is 60.1 Å². The fourth-order valence-corrected chi connectivity index (χ4v) is 5.00. The zero-order valence-corrected chi connectivity index (χ0v) is 24.5. The highest BCUT2D eigenvalue weighted by Crippen LogP contribution is 2.38. The Kier molecular flexibility index (Phi) is 10.2. The zero-order chi connectivity index (χ0) is 30.9. The van der Waals surface area contributed by atoms with Crippen molar-refractivity contribution >= 4 is 23.3 Å². The Labute approximate surface area is 260 Å². The third-order valence-electron chi connectivity index (χ3n) is 6.90. The lowest BCUT2D eigenvalue weighted by molar-refractivity contribution is -0.139. The maximum atomic E-state index is 10.9. The molecule has 0 radical (unpaired) electrons. The monoisotopic (exact) mass is 614 g/mol. The number of halogens is 1. The van der Waals surface area contributed by atoms with E-state index in [1.165, 1.54) is 0 Å². The number of carboxylic acids is 1. The lowest BCUT2D eigenvalue weighted by atomic mass is 10.0. The first kappa shape index (κ1) is 30.7. The molecule has 9 nitrogen and oxygen atoms in total. The number of aliphatic carboxylic acids is 1. The van der Waals surface area contributed by atoms with E-state index >= 15 is 0 Å². The number of hydrogen-bond acceptors (Lipinski definition) is 7. The summed E-state index contributed by atoms with van der Waals surface area (Å²) in [7, 11) is 0. The van der Waals surface area contributed by atoms with Gasteiger partial charge in [0.25, 0.3) is 0 Å². The Bertz CT molecular complexity index is 1670. The number of nitrogens with zero attached hydrogens (tertiary/aromatic N) is 1. The lowest BCUT2D eigenvalue weighted by Gasteiger charge is -2.19. The summed E-state index contributed by atoms with van der Waals surface area (Å²) in [5.41, 5.74) is 4.71. The Morgan fingerprint density at radius 2 is 1.77 bits per heavy atom. The number of ether oxygens (including phenoxy) is 4. The van der Waals surface area contributed by atoms with Crippen LogP contribution in [-0.2, 0) is 24.6 Å². The standard InChI is InChI=1S/C34H31ClN2O7/c1-36-26-6-2-4-22(14-26)20-44-31-17-28(10-8-24(31)18-37-19-27(38)16-33(39)40)43-21-25-5-3-7-29(34(25)35)23-9-11-30-32(15-23)42-13-12-41-30/h2-11,14-15,17,27,37-38H,12-13,16,18-21H2,(H,39,40)/t27-/m0/s1. The highest BCUT2D eigenvalue weighted by molar-refractivity contribution is 6.34. The summed E-state index contributed by atoms with van der Waals surface area (Å²) in [4.78, 5) is 14.3. The van der Waals surface area contributed by atoms with Crippen molar-refractivity contribution in [1.82, 2.24) is 5.32 Å². The maximum absolute atomic E-state index is 10.9. The minimum absolute atomic E-state index is 0.106. The highest BCUT2D eigenvalue weighted by Gasteiger charge is 2.16. The number of carbonyl (C=O) groups is 1. The average Bonchev–Trinajstić information content (AvgIpc) is 3.03. The van der Waals surface area contributed by atoms with E-state index in [4.69, 9.17) is 42.2 Å². The summed E-state index contributed by atoms with van der Waals surface area (Å²) >= 11 is 6.84. The number of hydrogen-bond donors (Lipinski definition) is 3. The molecular weight excluding hydrogens is 584 g/mol. The van der Waals surface area contributed by atoms with E-state index in [-0.39, 0.29) is 26.2 Å².